The molecule has 0 aliphatic heterocycles. The summed E-state index contributed by atoms with van der Waals surface area (Å²) in [7, 11) is 3.33. The zero-order valence-corrected chi connectivity index (χ0v) is 13.9. The molecule has 5 heteroatoms. The van der Waals surface area contributed by atoms with Crippen LogP contribution in [0.1, 0.15) is 38.8 Å². The summed E-state index contributed by atoms with van der Waals surface area (Å²) in [5.41, 5.74) is 1.72. The molecule has 1 unspecified atom stereocenters. The van der Waals surface area contributed by atoms with Gasteiger partial charge < -0.3 is 15.3 Å². The van der Waals surface area contributed by atoms with Gasteiger partial charge in [0.15, 0.2) is 0 Å². The first-order valence-corrected chi connectivity index (χ1v) is 7.82. The first kappa shape index (κ1) is 17.7. The third-order valence-electron chi connectivity index (χ3n) is 3.67. The van der Waals surface area contributed by atoms with Crippen molar-refractivity contribution < 1.29 is 14.7 Å². The molecule has 0 fully saturated rings. The van der Waals surface area contributed by atoms with Crippen molar-refractivity contribution in [3.63, 3.8) is 0 Å². The molecule has 5 nitrogen and oxygen atoms in total. The van der Waals surface area contributed by atoms with Gasteiger partial charge >= 0.3 is 0 Å². The van der Waals surface area contributed by atoms with Gasteiger partial charge in [-0.25, -0.2) is 0 Å². The van der Waals surface area contributed by atoms with Crippen LogP contribution in [0.2, 0.25) is 0 Å². The van der Waals surface area contributed by atoms with Crippen molar-refractivity contribution in [2.75, 3.05) is 20.6 Å². The highest BCUT2D eigenvalue weighted by Crippen LogP contribution is 2.15. The molecule has 0 saturated carbocycles. The van der Waals surface area contributed by atoms with Crippen LogP contribution >= 0.6 is 0 Å². The summed E-state index contributed by atoms with van der Waals surface area (Å²) in [5.74, 6) is -0.409. The highest BCUT2D eigenvalue weighted by atomic mass is 16.3. The Morgan fingerprint density at radius 2 is 1.71 bits per heavy atom. The number of carbonyl (C=O) groups is 2. The Morgan fingerprint density at radius 1 is 1.04 bits per heavy atom. The summed E-state index contributed by atoms with van der Waals surface area (Å²) in [6, 6.07) is 15.9. The summed E-state index contributed by atoms with van der Waals surface area (Å²) in [6.07, 6.45) is -0.195. The number of hydrogen-bond donors (Lipinski definition) is 2. The molecule has 2 amide bonds. The maximum atomic E-state index is 12.2. The highest BCUT2D eigenvalue weighted by molar-refractivity contribution is 5.99. The van der Waals surface area contributed by atoms with E-state index in [-0.39, 0.29) is 11.8 Å². The number of nitrogens with zero attached hydrogens (tertiary/aromatic N) is 1. The van der Waals surface area contributed by atoms with Crippen molar-refractivity contribution in [2.24, 2.45) is 0 Å². The van der Waals surface area contributed by atoms with Crippen LogP contribution in [-0.4, -0.2) is 42.5 Å². The van der Waals surface area contributed by atoms with E-state index < -0.39 is 6.10 Å². The Hall–Kier alpha value is -2.66. The highest BCUT2D eigenvalue weighted by Gasteiger charge is 2.12. The molecule has 0 bridgehead atoms. The number of benzene rings is 2. The number of hydrogen-bond acceptors (Lipinski definition) is 3. The summed E-state index contributed by atoms with van der Waals surface area (Å²) in [6.45, 7) is 0.348. The van der Waals surface area contributed by atoms with Gasteiger partial charge in [0, 0.05) is 31.8 Å². The second kappa shape index (κ2) is 8.26. The normalized spacial score (nSPS) is 11.6. The molecule has 0 heterocycles. The number of rotatable bonds is 6. The van der Waals surface area contributed by atoms with Gasteiger partial charge in [-0.15, -0.1) is 0 Å². The van der Waals surface area contributed by atoms with Crippen molar-refractivity contribution in [3.05, 3.63) is 71.3 Å². The smallest absolute Gasteiger partial charge is 0.253 e. The van der Waals surface area contributed by atoms with Crippen LogP contribution in [0.15, 0.2) is 54.6 Å². The Balaban J connectivity index is 1.91. The first-order valence-electron chi connectivity index (χ1n) is 7.82. The van der Waals surface area contributed by atoms with E-state index in [4.69, 9.17) is 0 Å². The quantitative estimate of drug-likeness (QED) is 0.855. The monoisotopic (exact) mass is 326 g/mol. The molecule has 0 aliphatic rings. The topological polar surface area (TPSA) is 69.6 Å². The second-order valence-corrected chi connectivity index (χ2v) is 5.75. The summed E-state index contributed by atoms with van der Waals surface area (Å²) in [4.78, 5) is 25.6. The van der Waals surface area contributed by atoms with Crippen LogP contribution < -0.4 is 5.32 Å². The summed E-state index contributed by atoms with van der Waals surface area (Å²) < 4.78 is 0. The van der Waals surface area contributed by atoms with E-state index in [0.29, 0.717) is 24.1 Å². The summed E-state index contributed by atoms with van der Waals surface area (Å²) in [5, 5.41) is 12.9. The maximum Gasteiger partial charge on any atom is 0.253 e. The molecule has 24 heavy (non-hydrogen) atoms. The van der Waals surface area contributed by atoms with Crippen LogP contribution in [0.3, 0.4) is 0 Å². The van der Waals surface area contributed by atoms with Crippen LogP contribution in [-0.2, 0) is 0 Å². The minimum Gasteiger partial charge on any atom is -0.388 e. The van der Waals surface area contributed by atoms with Crippen LogP contribution in [0, 0.1) is 0 Å². The van der Waals surface area contributed by atoms with Crippen LogP contribution in [0.4, 0.5) is 0 Å². The fourth-order valence-electron chi connectivity index (χ4n) is 2.32. The minimum atomic E-state index is -0.617. The van der Waals surface area contributed by atoms with Gasteiger partial charge in [0.05, 0.1) is 6.10 Å². The predicted octanol–water partition coefficient (Wildman–Crippen LogP) is 2.24. The lowest BCUT2D eigenvalue weighted by Crippen LogP contribution is -2.26. The van der Waals surface area contributed by atoms with Crippen molar-refractivity contribution in [2.45, 2.75) is 12.5 Å². The zero-order chi connectivity index (χ0) is 17.5. The number of amides is 2. The molecule has 0 saturated heterocycles. The van der Waals surface area contributed by atoms with E-state index in [1.165, 1.54) is 4.90 Å². The lowest BCUT2D eigenvalue weighted by atomic mass is 10.1. The lowest BCUT2D eigenvalue weighted by Gasteiger charge is -2.13. The third-order valence-corrected chi connectivity index (χ3v) is 3.67. The molecule has 0 aliphatic carbocycles. The van der Waals surface area contributed by atoms with Gasteiger partial charge in [-0.05, 0) is 30.2 Å². The van der Waals surface area contributed by atoms with E-state index in [9.17, 15) is 14.7 Å². The van der Waals surface area contributed by atoms with Gasteiger partial charge in [-0.2, -0.15) is 0 Å². The molecule has 2 aromatic rings. The Bertz CT molecular complexity index is 699. The van der Waals surface area contributed by atoms with Gasteiger partial charge in [-0.1, -0.05) is 36.4 Å². The minimum absolute atomic E-state index is 0.149. The van der Waals surface area contributed by atoms with E-state index >= 15 is 0 Å². The first-order chi connectivity index (χ1) is 11.5. The Labute approximate surface area is 141 Å². The molecule has 0 spiro atoms. The largest absolute Gasteiger partial charge is 0.388 e. The standard InChI is InChI=1S/C19H22N2O3/c1-21(2)19(24)16-10-6-9-15(13-16)18(23)20-12-11-17(22)14-7-4-3-5-8-14/h3-10,13,17,22H,11-12H2,1-2H3,(H,20,23). The van der Waals surface area contributed by atoms with E-state index in [2.05, 4.69) is 5.32 Å². The molecule has 2 aromatic carbocycles. The van der Waals surface area contributed by atoms with Gasteiger partial charge in [0.1, 0.15) is 0 Å². The third kappa shape index (κ3) is 4.67. The van der Waals surface area contributed by atoms with Crippen molar-refractivity contribution >= 4 is 11.8 Å². The van der Waals surface area contributed by atoms with Gasteiger partial charge in [0.25, 0.3) is 11.8 Å². The fraction of sp³-hybridized carbons (Fsp3) is 0.263. The second-order valence-electron chi connectivity index (χ2n) is 5.75. The lowest BCUT2D eigenvalue weighted by molar-refractivity contribution is 0.0827. The van der Waals surface area contributed by atoms with E-state index in [1.807, 2.05) is 30.3 Å². The molecule has 126 valence electrons. The van der Waals surface area contributed by atoms with E-state index in [1.54, 1.807) is 38.4 Å². The predicted molar refractivity (Wildman–Crippen MR) is 92.8 cm³/mol. The Kier molecular flexibility index (Phi) is 6.09. The molecule has 1 atom stereocenters. The van der Waals surface area contributed by atoms with Crippen molar-refractivity contribution in [1.29, 1.82) is 0 Å². The average molecular weight is 326 g/mol. The molecular formula is C19H22N2O3. The van der Waals surface area contributed by atoms with Crippen molar-refractivity contribution in [3.8, 4) is 0 Å². The number of carbonyl (C=O) groups excluding carboxylic acids is 2. The number of nitrogens with one attached hydrogen (secondary N) is 1. The van der Waals surface area contributed by atoms with Crippen molar-refractivity contribution in [1.82, 2.24) is 10.2 Å². The Morgan fingerprint density at radius 3 is 2.38 bits per heavy atom. The SMILES string of the molecule is CN(C)C(=O)c1cccc(C(=O)NCCC(O)c2ccccc2)c1. The number of aliphatic hydroxyl groups is 1. The number of aliphatic hydroxyl groups excluding tert-OH is 1. The van der Waals surface area contributed by atoms with Crippen LogP contribution in [0.25, 0.3) is 0 Å². The van der Waals surface area contributed by atoms with Gasteiger partial charge in [-0.3, -0.25) is 9.59 Å². The fourth-order valence-corrected chi connectivity index (χ4v) is 2.32. The molecule has 2 rings (SSSR count). The maximum absolute atomic E-state index is 12.2. The molecule has 0 aromatic heterocycles. The molecule has 2 N–H and O–H groups in total. The zero-order valence-electron chi connectivity index (χ0n) is 13.9. The van der Waals surface area contributed by atoms with E-state index in [0.717, 1.165) is 5.56 Å². The molecular weight excluding hydrogens is 304 g/mol. The van der Waals surface area contributed by atoms with Gasteiger partial charge in [0.2, 0.25) is 0 Å². The molecule has 0 radical (unpaired) electrons. The summed E-state index contributed by atoms with van der Waals surface area (Å²) >= 11 is 0. The average Bonchev–Trinajstić information content (AvgIpc) is 2.61. The van der Waals surface area contributed by atoms with Crippen LogP contribution in [0.5, 0.6) is 0 Å².